The van der Waals surface area contributed by atoms with Crippen LogP contribution in [0.3, 0.4) is 0 Å². The van der Waals surface area contributed by atoms with E-state index in [4.69, 9.17) is 18.8 Å². The monoisotopic (exact) mass is 742 g/mol. The summed E-state index contributed by atoms with van der Waals surface area (Å²) in [6.45, 7) is 0. The summed E-state index contributed by atoms with van der Waals surface area (Å²) >= 11 is 0. The van der Waals surface area contributed by atoms with Gasteiger partial charge in [-0.1, -0.05) is 140 Å². The van der Waals surface area contributed by atoms with Gasteiger partial charge in [-0.05, 0) is 93.9 Å². The minimum atomic E-state index is 0.172. The van der Waals surface area contributed by atoms with E-state index < -0.39 is 0 Å². The van der Waals surface area contributed by atoms with Gasteiger partial charge in [0.1, 0.15) is 22.3 Å². The molecule has 272 valence electrons. The summed E-state index contributed by atoms with van der Waals surface area (Å²) in [4.78, 5) is 10.5. The number of nitrogens with zero attached hydrogens (tertiary/aromatic N) is 2. The standard InChI is InChI=1S/C54H34N2O2/c1-2-12-33(13-3-1)47-32-48(42-20-11-23-52-53(42)43-19-7-9-22-50(43)58-52)56-54(55-47)38-15-10-14-36(28-38)45-31-37-25-24-34(29-44(37)39-16-4-5-17-40(39)45)35-26-27-51-46(30-35)41-18-6-8-21-49(41)57-51/h1-30,32,45H,31H2. The number of furan rings is 2. The molecule has 0 saturated carbocycles. The van der Waals surface area contributed by atoms with Crippen LogP contribution in [-0.2, 0) is 6.42 Å². The maximum atomic E-state index is 6.29. The van der Waals surface area contributed by atoms with E-state index in [1.54, 1.807) is 0 Å². The number of fused-ring (bicyclic) bond motifs is 9. The molecule has 0 spiro atoms. The molecular formula is C54H34N2O2. The molecule has 1 aliphatic rings. The first-order valence-corrected chi connectivity index (χ1v) is 19.8. The van der Waals surface area contributed by atoms with Crippen molar-refractivity contribution in [3.05, 3.63) is 205 Å². The van der Waals surface area contributed by atoms with E-state index in [1.165, 1.54) is 38.9 Å². The maximum absolute atomic E-state index is 6.29. The van der Waals surface area contributed by atoms with Crippen molar-refractivity contribution in [2.75, 3.05) is 0 Å². The third kappa shape index (κ3) is 5.30. The SMILES string of the molecule is c1ccc(-c2cc(-c3cccc4oc5ccccc5c34)nc(-c3cccc(C4Cc5ccc(-c6ccc7oc8ccccc8c7c6)cc5-c5ccccc54)c3)n2)cc1. The molecule has 1 aliphatic carbocycles. The van der Waals surface area contributed by atoms with Gasteiger partial charge in [0.25, 0.3) is 0 Å². The molecule has 12 rings (SSSR count). The Morgan fingerprint density at radius 1 is 0.397 bits per heavy atom. The Labute approximate surface area is 334 Å². The predicted molar refractivity (Wildman–Crippen MR) is 236 cm³/mol. The van der Waals surface area contributed by atoms with Gasteiger partial charge < -0.3 is 8.83 Å². The second-order valence-corrected chi connectivity index (χ2v) is 15.3. The molecule has 0 bridgehead atoms. The van der Waals surface area contributed by atoms with Crippen molar-refractivity contribution in [3.8, 4) is 56.2 Å². The Morgan fingerprint density at radius 3 is 1.97 bits per heavy atom. The van der Waals surface area contributed by atoms with Gasteiger partial charge in [0.15, 0.2) is 5.82 Å². The molecule has 0 aliphatic heterocycles. The molecule has 58 heavy (non-hydrogen) atoms. The van der Waals surface area contributed by atoms with Crippen LogP contribution in [0.1, 0.15) is 22.6 Å². The Balaban J connectivity index is 0.952. The molecular weight excluding hydrogens is 709 g/mol. The highest BCUT2D eigenvalue weighted by molar-refractivity contribution is 6.12. The first kappa shape index (κ1) is 32.7. The van der Waals surface area contributed by atoms with Crippen LogP contribution in [0.4, 0.5) is 0 Å². The second-order valence-electron chi connectivity index (χ2n) is 15.3. The summed E-state index contributed by atoms with van der Waals surface area (Å²) in [5.74, 6) is 0.866. The van der Waals surface area contributed by atoms with Gasteiger partial charge in [0.05, 0.1) is 11.4 Å². The highest BCUT2D eigenvalue weighted by atomic mass is 16.3. The van der Waals surface area contributed by atoms with Crippen molar-refractivity contribution in [2.45, 2.75) is 12.3 Å². The summed E-state index contributed by atoms with van der Waals surface area (Å²) < 4.78 is 12.4. The summed E-state index contributed by atoms with van der Waals surface area (Å²) in [5, 5.41) is 4.42. The lowest BCUT2D eigenvalue weighted by atomic mass is 9.75. The molecule has 0 amide bonds. The number of benzene rings is 8. The zero-order valence-corrected chi connectivity index (χ0v) is 31.4. The van der Waals surface area contributed by atoms with Crippen LogP contribution >= 0.6 is 0 Å². The Hall–Kier alpha value is -7.56. The lowest BCUT2D eigenvalue weighted by molar-refractivity contribution is 0.668. The lowest BCUT2D eigenvalue weighted by Crippen LogP contribution is -2.13. The van der Waals surface area contributed by atoms with Gasteiger partial charge in [0, 0.05) is 44.2 Å². The highest BCUT2D eigenvalue weighted by Gasteiger charge is 2.27. The molecule has 0 saturated heterocycles. The van der Waals surface area contributed by atoms with E-state index in [-0.39, 0.29) is 5.92 Å². The molecule has 0 fully saturated rings. The van der Waals surface area contributed by atoms with Crippen molar-refractivity contribution in [3.63, 3.8) is 0 Å². The largest absolute Gasteiger partial charge is 0.456 e. The zero-order valence-electron chi connectivity index (χ0n) is 31.4. The van der Waals surface area contributed by atoms with Crippen molar-refractivity contribution in [1.29, 1.82) is 0 Å². The molecule has 4 heteroatoms. The summed E-state index contributed by atoms with van der Waals surface area (Å²) in [7, 11) is 0. The fourth-order valence-corrected chi connectivity index (χ4v) is 9.12. The number of aromatic nitrogens is 2. The molecule has 3 aromatic heterocycles. The summed E-state index contributed by atoms with van der Waals surface area (Å²) in [6, 6.07) is 66.5. The van der Waals surface area contributed by atoms with Crippen LogP contribution in [0, 0.1) is 0 Å². The Bertz CT molecular complexity index is 3390. The third-order valence-corrected chi connectivity index (χ3v) is 11.9. The molecule has 1 unspecified atom stereocenters. The van der Waals surface area contributed by atoms with Gasteiger partial charge in [0.2, 0.25) is 0 Å². The van der Waals surface area contributed by atoms with Gasteiger partial charge in [-0.25, -0.2) is 9.97 Å². The van der Waals surface area contributed by atoms with E-state index in [9.17, 15) is 0 Å². The predicted octanol–water partition coefficient (Wildman–Crippen LogP) is 14.3. The van der Waals surface area contributed by atoms with E-state index in [1.807, 2.05) is 42.5 Å². The molecule has 4 nitrogen and oxygen atoms in total. The van der Waals surface area contributed by atoms with E-state index >= 15 is 0 Å². The van der Waals surface area contributed by atoms with E-state index in [0.717, 1.165) is 78.4 Å². The van der Waals surface area contributed by atoms with Gasteiger partial charge in [-0.2, -0.15) is 0 Å². The van der Waals surface area contributed by atoms with Gasteiger partial charge in [-0.15, -0.1) is 0 Å². The first-order valence-electron chi connectivity index (χ1n) is 19.8. The molecule has 3 heterocycles. The summed E-state index contributed by atoms with van der Waals surface area (Å²) in [6.07, 6.45) is 0.896. The van der Waals surface area contributed by atoms with Crippen molar-refractivity contribution in [1.82, 2.24) is 9.97 Å². The first-order chi connectivity index (χ1) is 28.7. The number of hydrogen-bond acceptors (Lipinski definition) is 4. The van der Waals surface area contributed by atoms with Crippen LogP contribution in [0.2, 0.25) is 0 Å². The van der Waals surface area contributed by atoms with Crippen molar-refractivity contribution < 1.29 is 8.83 Å². The van der Waals surface area contributed by atoms with Gasteiger partial charge >= 0.3 is 0 Å². The van der Waals surface area contributed by atoms with Crippen LogP contribution in [0.15, 0.2) is 197 Å². The number of rotatable bonds is 5. The van der Waals surface area contributed by atoms with Crippen LogP contribution in [-0.4, -0.2) is 9.97 Å². The molecule has 0 N–H and O–H groups in total. The zero-order chi connectivity index (χ0) is 38.2. The Kier molecular flexibility index (Phi) is 7.32. The van der Waals surface area contributed by atoms with Crippen LogP contribution in [0.25, 0.3) is 100 Å². The lowest BCUT2D eigenvalue weighted by Gasteiger charge is -2.29. The third-order valence-electron chi connectivity index (χ3n) is 11.9. The fraction of sp³-hybridized carbons (Fsp3) is 0.0370. The maximum Gasteiger partial charge on any atom is 0.160 e. The molecule has 1 atom stereocenters. The normalized spacial score (nSPS) is 13.6. The summed E-state index contributed by atoms with van der Waals surface area (Å²) in [5.41, 5.74) is 17.2. The molecule has 11 aromatic rings. The Morgan fingerprint density at radius 2 is 1.05 bits per heavy atom. The van der Waals surface area contributed by atoms with Crippen molar-refractivity contribution in [2.24, 2.45) is 0 Å². The molecule has 0 radical (unpaired) electrons. The quantitative estimate of drug-likeness (QED) is 0.176. The van der Waals surface area contributed by atoms with Crippen LogP contribution in [0.5, 0.6) is 0 Å². The average Bonchev–Trinajstić information content (AvgIpc) is 3.87. The second kappa shape index (κ2) is 13.0. The highest BCUT2D eigenvalue weighted by Crippen LogP contribution is 2.45. The number of hydrogen-bond donors (Lipinski definition) is 0. The van der Waals surface area contributed by atoms with Gasteiger partial charge in [-0.3, -0.25) is 0 Å². The number of para-hydroxylation sites is 2. The van der Waals surface area contributed by atoms with Crippen molar-refractivity contribution >= 4 is 43.9 Å². The smallest absolute Gasteiger partial charge is 0.160 e. The minimum absolute atomic E-state index is 0.172. The fourth-order valence-electron chi connectivity index (χ4n) is 9.12. The minimum Gasteiger partial charge on any atom is -0.456 e. The average molecular weight is 743 g/mol. The van der Waals surface area contributed by atoms with E-state index in [0.29, 0.717) is 5.82 Å². The van der Waals surface area contributed by atoms with E-state index in [2.05, 4.69) is 146 Å². The topological polar surface area (TPSA) is 52.1 Å². The van der Waals surface area contributed by atoms with Crippen LogP contribution < -0.4 is 0 Å². The molecule has 8 aromatic carbocycles.